The summed E-state index contributed by atoms with van der Waals surface area (Å²) in [4.78, 5) is 18.5. The first kappa shape index (κ1) is 18.0. The number of aromatic amines is 1. The first-order valence-electron chi connectivity index (χ1n) is 8.12. The Morgan fingerprint density at radius 1 is 1.37 bits per heavy atom. The van der Waals surface area contributed by atoms with Gasteiger partial charge in [0.2, 0.25) is 0 Å². The zero-order valence-electron chi connectivity index (χ0n) is 14.8. The van der Waals surface area contributed by atoms with E-state index in [4.69, 9.17) is 14.6 Å². The molecule has 7 nitrogen and oxygen atoms in total. The summed E-state index contributed by atoms with van der Waals surface area (Å²) in [6.45, 7) is 1.45. The number of rotatable bonds is 6. The zero-order valence-corrected chi connectivity index (χ0v) is 14.8. The molecule has 3 aromatic rings. The van der Waals surface area contributed by atoms with E-state index in [1.165, 1.54) is 7.11 Å². The number of ether oxygens (including phenoxy) is 2. The normalized spacial score (nSPS) is 11.2. The molecule has 2 aromatic carbocycles. The SMILES string of the molecule is COc1cccc(/C=C(\C#N)c2nc3ccc(C)cc3[nH]2)c1OCC(=O)O. The third kappa shape index (κ3) is 3.90. The lowest BCUT2D eigenvalue weighted by molar-refractivity contribution is -0.139. The number of para-hydroxylation sites is 1. The molecule has 0 aliphatic carbocycles. The van der Waals surface area contributed by atoms with Crippen molar-refractivity contribution in [3.63, 3.8) is 0 Å². The number of carbonyl (C=O) groups is 1. The molecule has 0 spiro atoms. The highest BCUT2D eigenvalue weighted by Crippen LogP contribution is 2.33. The average Bonchev–Trinajstić information content (AvgIpc) is 3.07. The quantitative estimate of drug-likeness (QED) is 0.650. The number of fused-ring (bicyclic) bond motifs is 1. The minimum Gasteiger partial charge on any atom is -0.493 e. The summed E-state index contributed by atoms with van der Waals surface area (Å²) in [6, 6.07) is 13.0. The molecule has 0 fully saturated rings. The Morgan fingerprint density at radius 3 is 2.89 bits per heavy atom. The summed E-state index contributed by atoms with van der Waals surface area (Å²) < 4.78 is 10.6. The number of carboxylic acid groups (broad SMARTS) is 1. The minimum atomic E-state index is -1.11. The van der Waals surface area contributed by atoms with Gasteiger partial charge in [-0.05, 0) is 36.8 Å². The van der Waals surface area contributed by atoms with Crippen molar-refractivity contribution < 1.29 is 19.4 Å². The van der Waals surface area contributed by atoms with E-state index in [0.717, 1.165) is 16.6 Å². The van der Waals surface area contributed by atoms with E-state index in [9.17, 15) is 10.1 Å². The monoisotopic (exact) mass is 363 g/mol. The van der Waals surface area contributed by atoms with Gasteiger partial charge in [0.05, 0.1) is 23.7 Å². The van der Waals surface area contributed by atoms with Gasteiger partial charge in [0.1, 0.15) is 11.9 Å². The molecule has 0 unspecified atom stereocenters. The first-order valence-corrected chi connectivity index (χ1v) is 8.12. The lowest BCUT2D eigenvalue weighted by Gasteiger charge is -2.12. The van der Waals surface area contributed by atoms with Crippen molar-refractivity contribution in [1.29, 1.82) is 5.26 Å². The molecule has 7 heteroatoms. The highest BCUT2D eigenvalue weighted by molar-refractivity contribution is 5.91. The van der Waals surface area contributed by atoms with Gasteiger partial charge in [-0.25, -0.2) is 9.78 Å². The fourth-order valence-corrected chi connectivity index (χ4v) is 2.66. The number of nitrogens with one attached hydrogen (secondary N) is 1. The van der Waals surface area contributed by atoms with E-state index in [1.54, 1.807) is 24.3 Å². The van der Waals surface area contributed by atoms with E-state index in [0.29, 0.717) is 17.1 Å². The van der Waals surface area contributed by atoms with E-state index in [-0.39, 0.29) is 11.3 Å². The summed E-state index contributed by atoms with van der Waals surface area (Å²) >= 11 is 0. The van der Waals surface area contributed by atoms with Crippen LogP contribution in [0.4, 0.5) is 0 Å². The molecule has 136 valence electrons. The molecule has 0 aliphatic heterocycles. The summed E-state index contributed by atoms with van der Waals surface area (Å²) in [5, 5.41) is 18.5. The Labute approximate surface area is 155 Å². The van der Waals surface area contributed by atoms with Crippen molar-refractivity contribution in [3.05, 3.63) is 53.3 Å². The number of methoxy groups -OCH3 is 1. The number of H-pyrrole nitrogens is 1. The van der Waals surface area contributed by atoms with Crippen LogP contribution in [0.15, 0.2) is 36.4 Å². The number of nitrogens with zero attached hydrogens (tertiary/aromatic N) is 2. The Bertz CT molecular complexity index is 1080. The molecule has 0 radical (unpaired) electrons. The van der Waals surface area contributed by atoms with Gasteiger partial charge < -0.3 is 19.6 Å². The van der Waals surface area contributed by atoms with E-state index < -0.39 is 12.6 Å². The number of imidazole rings is 1. The van der Waals surface area contributed by atoms with Gasteiger partial charge in [-0.2, -0.15) is 5.26 Å². The molecule has 2 N–H and O–H groups in total. The third-order valence-electron chi connectivity index (χ3n) is 3.88. The topological polar surface area (TPSA) is 108 Å². The molecule has 0 bridgehead atoms. The van der Waals surface area contributed by atoms with Crippen molar-refractivity contribution in [1.82, 2.24) is 9.97 Å². The van der Waals surface area contributed by atoms with Gasteiger partial charge in [0, 0.05) is 5.56 Å². The number of nitriles is 1. The van der Waals surface area contributed by atoms with Gasteiger partial charge in [0.25, 0.3) is 0 Å². The van der Waals surface area contributed by atoms with Crippen LogP contribution in [0.5, 0.6) is 11.5 Å². The fourth-order valence-electron chi connectivity index (χ4n) is 2.66. The second-order valence-corrected chi connectivity index (χ2v) is 5.84. The van der Waals surface area contributed by atoms with E-state index in [1.807, 2.05) is 25.1 Å². The predicted molar refractivity (Wildman–Crippen MR) is 100 cm³/mol. The summed E-state index contributed by atoms with van der Waals surface area (Å²) in [7, 11) is 1.46. The van der Waals surface area contributed by atoms with Crippen LogP contribution in [0.3, 0.4) is 0 Å². The van der Waals surface area contributed by atoms with Crippen molar-refractivity contribution in [2.75, 3.05) is 13.7 Å². The molecule has 1 aromatic heterocycles. The number of carboxylic acids is 1. The lowest BCUT2D eigenvalue weighted by Crippen LogP contribution is -2.10. The Balaban J connectivity index is 2.06. The van der Waals surface area contributed by atoms with Gasteiger partial charge >= 0.3 is 5.97 Å². The highest BCUT2D eigenvalue weighted by atomic mass is 16.5. The molecule has 1 heterocycles. The number of aryl methyl sites for hydroxylation is 1. The minimum absolute atomic E-state index is 0.252. The maximum absolute atomic E-state index is 10.9. The molecule has 0 saturated heterocycles. The third-order valence-corrected chi connectivity index (χ3v) is 3.88. The second kappa shape index (κ2) is 7.62. The summed E-state index contributed by atoms with van der Waals surface area (Å²) in [5.41, 5.74) is 3.47. The predicted octanol–water partition coefficient (Wildman–Crippen LogP) is 3.41. The standard InChI is InChI=1S/C20H17N3O4/c1-12-6-7-15-16(8-12)23-20(22-15)14(10-21)9-13-4-3-5-17(26-2)19(13)27-11-18(24)25/h3-9H,11H2,1-2H3,(H,22,23)(H,24,25)/b14-9+. The maximum Gasteiger partial charge on any atom is 0.341 e. The molecule has 0 saturated carbocycles. The Morgan fingerprint density at radius 2 is 2.19 bits per heavy atom. The average molecular weight is 363 g/mol. The number of benzene rings is 2. The summed E-state index contributed by atoms with van der Waals surface area (Å²) in [6.07, 6.45) is 1.59. The fraction of sp³-hybridized carbons (Fsp3) is 0.150. The van der Waals surface area contributed by atoms with E-state index in [2.05, 4.69) is 16.0 Å². The zero-order chi connectivity index (χ0) is 19.4. The van der Waals surface area contributed by atoms with Crippen molar-refractivity contribution >= 4 is 28.7 Å². The molecule has 27 heavy (non-hydrogen) atoms. The molecular weight excluding hydrogens is 346 g/mol. The first-order chi connectivity index (χ1) is 13.0. The smallest absolute Gasteiger partial charge is 0.341 e. The van der Waals surface area contributed by atoms with Crippen LogP contribution < -0.4 is 9.47 Å². The number of hydrogen-bond donors (Lipinski definition) is 2. The number of aromatic nitrogens is 2. The second-order valence-electron chi connectivity index (χ2n) is 5.84. The van der Waals surface area contributed by atoms with Crippen LogP contribution in [0, 0.1) is 18.3 Å². The van der Waals surface area contributed by atoms with Crippen LogP contribution in [0.25, 0.3) is 22.7 Å². The van der Waals surface area contributed by atoms with Crippen molar-refractivity contribution in [3.8, 4) is 17.6 Å². The molecule has 0 aliphatic rings. The van der Waals surface area contributed by atoms with Crippen LogP contribution >= 0.6 is 0 Å². The maximum atomic E-state index is 10.9. The Hall–Kier alpha value is -3.79. The summed E-state index contributed by atoms with van der Waals surface area (Å²) in [5.74, 6) is -0.0567. The Kier molecular flexibility index (Phi) is 5.08. The molecule has 0 atom stereocenters. The molecule has 3 rings (SSSR count). The van der Waals surface area contributed by atoms with Crippen LogP contribution in [0.1, 0.15) is 17.0 Å². The van der Waals surface area contributed by atoms with Crippen LogP contribution in [-0.2, 0) is 4.79 Å². The van der Waals surface area contributed by atoms with Crippen LogP contribution in [-0.4, -0.2) is 34.8 Å². The largest absolute Gasteiger partial charge is 0.493 e. The molecule has 0 amide bonds. The van der Waals surface area contributed by atoms with Gasteiger partial charge in [-0.3, -0.25) is 0 Å². The number of allylic oxidation sites excluding steroid dienone is 1. The number of aliphatic carboxylic acids is 1. The van der Waals surface area contributed by atoms with Crippen molar-refractivity contribution in [2.24, 2.45) is 0 Å². The van der Waals surface area contributed by atoms with E-state index >= 15 is 0 Å². The highest BCUT2D eigenvalue weighted by Gasteiger charge is 2.14. The van der Waals surface area contributed by atoms with Gasteiger partial charge in [-0.15, -0.1) is 0 Å². The molecular formula is C20H17N3O4. The lowest BCUT2D eigenvalue weighted by atomic mass is 10.1. The van der Waals surface area contributed by atoms with Crippen LogP contribution in [0.2, 0.25) is 0 Å². The van der Waals surface area contributed by atoms with Gasteiger partial charge in [0.15, 0.2) is 18.1 Å². The van der Waals surface area contributed by atoms with Crippen molar-refractivity contribution in [2.45, 2.75) is 6.92 Å². The van der Waals surface area contributed by atoms with Gasteiger partial charge in [-0.1, -0.05) is 18.2 Å². The number of hydrogen-bond acceptors (Lipinski definition) is 5.